The highest BCUT2D eigenvalue weighted by atomic mass is 35.5. The fourth-order valence-electron chi connectivity index (χ4n) is 1.45. The maximum atomic E-state index is 11.4. The van der Waals surface area contributed by atoms with Gasteiger partial charge >= 0.3 is 5.97 Å². The maximum absolute atomic E-state index is 11.4. The molecule has 5 heteroatoms. The highest BCUT2D eigenvalue weighted by Gasteiger charge is 2.13. The predicted octanol–water partition coefficient (Wildman–Crippen LogP) is 1.78. The van der Waals surface area contributed by atoms with E-state index in [-0.39, 0.29) is 6.42 Å². The molecule has 0 saturated heterocycles. The van der Waals surface area contributed by atoms with Crippen LogP contribution in [0, 0.1) is 11.3 Å². The van der Waals surface area contributed by atoms with Gasteiger partial charge in [0.25, 0.3) is 0 Å². The molecule has 0 aliphatic rings. The van der Waals surface area contributed by atoms with Crippen LogP contribution in [-0.4, -0.2) is 12.6 Å². The number of nitrogens with two attached hydrogens (primary N) is 1. The first-order chi connectivity index (χ1) is 8.12. The molecule has 0 bridgehead atoms. The quantitative estimate of drug-likeness (QED) is 0.829. The molecule has 1 rings (SSSR count). The predicted molar refractivity (Wildman–Crippen MR) is 64.4 cm³/mol. The molecular weight excluding hydrogens is 240 g/mol. The number of halogens is 1. The molecule has 0 saturated carbocycles. The summed E-state index contributed by atoms with van der Waals surface area (Å²) in [7, 11) is 0. The molecule has 0 spiro atoms. The summed E-state index contributed by atoms with van der Waals surface area (Å²) in [4.78, 5) is 11.4. The van der Waals surface area contributed by atoms with Gasteiger partial charge in [-0.2, -0.15) is 5.26 Å². The number of esters is 1. The topological polar surface area (TPSA) is 76.1 Å². The van der Waals surface area contributed by atoms with E-state index in [0.717, 1.165) is 5.56 Å². The van der Waals surface area contributed by atoms with Crippen LogP contribution >= 0.6 is 11.6 Å². The summed E-state index contributed by atoms with van der Waals surface area (Å²) in [6.45, 7) is 2.33. The number of rotatable bonds is 4. The molecule has 90 valence electrons. The van der Waals surface area contributed by atoms with E-state index in [1.54, 1.807) is 19.1 Å². The summed E-state index contributed by atoms with van der Waals surface area (Å²) >= 11 is 6.02. The van der Waals surface area contributed by atoms with Crippen molar-refractivity contribution in [1.29, 1.82) is 5.26 Å². The zero-order valence-corrected chi connectivity index (χ0v) is 10.3. The van der Waals surface area contributed by atoms with Gasteiger partial charge in [-0.1, -0.05) is 11.6 Å². The van der Waals surface area contributed by atoms with Gasteiger partial charge in [-0.25, -0.2) is 0 Å². The number of nitrogens with zero attached hydrogens (tertiary/aromatic N) is 1. The minimum Gasteiger partial charge on any atom is -0.466 e. The SMILES string of the molecule is CCOC(=O)Cc1c(Cl)cc(CN)cc1C#N. The molecule has 0 aliphatic carbocycles. The Labute approximate surface area is 105 Å². The lowest BCUT2D eigenvalue weighted by Crippen LogP contribution is -2.10. The van der Waals surface area contributed by atoms with E-state index in [0.29, 0.717) is 29.3 Å². The molecular formula is C12H13ClN2O2. The molecule has 0 aromatic heterocycles. The van der Waals surface area contributed by atoms with Crippen molar-refractivity contribution in [3.63, 3.8) is 0 Å². The number of hydrogen-bond donors (Lipinski definition) is 1. The lowest BCUT2D eigenvalue weighted by atomic mass is 10.0. The summed E-state index contributed by atoms with van der Waals surface area (Å²) < 4.78 is 4.83. The van der Waals surface area contributed by atoms with E-state index in [9.17, 15) is 4.79 Å². The van der Waals surface area contributed by atoms with E-state index < -0.39 is 5.97 Å². The maximum Gasteiger partial charge on any atom is 0.310 e. The average Bonchev–Trinajstić information content (AvgIpc) is 2.31. The molecule has 1 aromatic carbocycles. The van der Waals surface area contributed by atoms with E-state index in [2.05, 4.69) is 0 Å². The van der Waals surface area contributed by atoms with Crippen LogP contribution in [0.25, 0.3) is 0 Å². The number of hydrogen-bond acceptors (Lipinski definition) is 4. The Bertz CT molecular complexity index is 466. The van der Waals surface area contributed by atoms with E-state index >= 15 is 0 Å². The molecule has 1 aromatic rings. The van der Waals surface area contributed by atoms with Gasteiger partial charge in [0.05, 0.1) is 24.7 Å². The van der Waals surface area contributed by atoms with Crippen molar-refractivity contribution < 1.29 is 9.53 Å². The van der Waals surface area contributed by atoms with Crippen LogP contribution in [0.4, 0.5) is 0 Å². The average molecular weight is 253 g/mol. The van der Waals surface area contributed by atoms with Gasteiger partial charge in [-0.3, -0.25) is 4.79 Å². The van der Waals surface area contributed by atoms with Crippen LogP contribution in [0.3, 0.4) is 0 Å². The first-order valence-corrected chi connectivity index (χ1v) is 5.57. The lowest BCUT2D eigenvalue weighted by molar-refractivity contribution is -0.142. The summed E-state index contributed by atoms with van der Waals surface area (Å²) in [5.41, 5.74) is 7.10. The van der Waals surface area contributed by atoms with Gasteiger partial charge in [-0.15, -0.1) is 0 Å². The normalized spacial score (nSPS) is 9.76. The van der Waals surface area contributed by atoms with Gasteiger partial charge in [0.15, 0.2) is 0 Å². The third kappa shape index (κ3) is 3.45. The van der Waals surface area contributed by atoms with Crippen molar-refractivity contribution in [2.24, 2.45) is 5.73 Å². The van der Waals surface area contributed by atoms with Crippen LogP contribution in [0.1, 0.15) is 23.6 Å². The van der Waals surface area contributed by atoms with E-state index in [1.165, 1.54) is 0 Å². The molecule has 0 unspecified atom stereocenters. The van der Waals surface area contributed by atoms with Crippen LogP contribution in [0.5, 0.6) is 0 Å². The number of carbonyl (C=O) groups is 1. The standard InChI is InChI=1S/C12H13ClN2O2/c1-2-17-12(16)5-10-9(7-15)3-8(6-14)4-11(10)13/h3-4H,2,5-6,14H2,1H3. The van der Waals surface area contributed by atoms with Crippen LogP contribution in [0.15, 0.2) is 12.1 Å². The van der Waals surface area contributed by atoms with Crippen molar-refractivity contribution in [3.05, 3.63) is 33.8 Å². The molecule has 0 heterocycles. The van der Waals surface area contributed by atoms with Gasteiger partial charge in [0, 0.05) is 11.6 Å². The number of nitriles is 1. The van der Waals surface area contributed by atoms with E-state index in [1.807, 2.05) is 6.07 Å². The Morgan fingerprint density at radius 2 is 2.29 bits per heavy atom. The summed E-state index contributed by atoms with van der Waals surface area (Å²) in [6, 6.07) is 5.31. The Morgan fingerprint density at radius 3 is 2.82 bits per heavy atom. The highest BCUT2D eigenvalue weighted by molar-refractivity contribution is 6.31. The van der Waals surface area contributed by atoms with Crippen molar-refractivity contribution in [2.45, 2.75) is 19.9 Å². The second-order valence-corrected chi connectivity index (χ2v) is 3.81. The lowest BCUT2D eigenvalue weighted by Gasteiger charge is -2.08. The Kier molecular flexibility index (Phi) is 4.95. The molecule has 0 amide bonds. The third-order valence-corrected chi connectivity index (χ3v) is 2.58. The smallest absolute Gasteiger partial charge is 0.310 e. The molecule has 17 heavy (non-hydrogen) atoms. The summed E-state index contributed by atoms with van der Waals surface area (Å²) in [5.74, 6) is -0.397. The first kappa shape index (κ1) is 13.5. The minimum absolute atomic E-state index is 0.000415. The second kappa shape index (κ2) is 6.24. The van der Waals surface area contributed by atoms with Crippen molar-refractivity contribution >= 4 is 17.6 Å². The summed E-state index contributed by atoms with van der Waals surface area (Å²) in [6.07, 6.45) is 0.000415. The molecule has 4 nitrogen and oxygen atoms in total. The minimum atomic E-state index is -0.397. The summed E-state index contributed by atoms with van der Waals surface area (Å²) in [5, 5.41) is 9.38. The Hall–Kier alpha value is -1.57. The first-order valence-electron chi connectivity index (χ1n) is 5.19. The van der Waals surface area contributed by atoms with Crippen LogP contribution < -0.4 is 5.73 Å². The monoisotopic (exact) mass is 252 g/mol. The molecule has 0 atom stereocenters. The third-order valence-electron chi connectivity index (χ3n) is 2.24. The van der Waals surface area contributed by atoms with Crippen LogP contribution in [-0.2, 0) is 22.5 Å². The van der Waals surface area contributed by atoms with Gasteiger partial charge in [0.2, 0.25) is 0 Å². The fourth-order valence-corrected chi connectivity index (χ4v) is 1.76. The molecule has 0 fully saturated rings. The zero-order valence-electron chi connectivity index (χ0n) is 9.50. The Balaban J connectivity index is 3.07. The highest BCUT2D eigenvalue weighted by Crippen LogP contribution is 2.23. The number of ether oxygens (including phenoxy) is 1. The number of carbonyl (C=O) groups excluding carboxylic acids is 1. The van der Waals surface area contributed by atoms with Crippen molar-refractivity contribution in [3.8, 4) is 6.07 Å². The van der Waals surface area contributed by atoms with Crippen LogP contribution in [0.2, 0.25) is 5.02 Å². The zero-order chi connectivity index (χ0) is 12.8. The molecule has 0 aliphatic heterocycles. The molecule has 2 N–H and O–H groups in total. The Morgan fingerprint density at radius 1 is 1.59 bits per heavy atom. The fraction of sp³-hybridized carbons (Fsp3) is 0.333. The van der Waals surface area contributed by atoms with Gasteiger partial charge in [0.1, 0.15) is 0 Å². The second-order valence-electron chi connectivity index (χ2n) is 3.40. The van der Waals surface area contributed by atoms with Crippen molar-refractivity contribution in [1.82, 2.24) is 0 Å². The van der Waals surface area contributed by atoms with Gasteiger partial charge in [-0.05, 0) is 30.2 Å². The largest absolute Gasteiger partial charge is 0.466 e. The van der Waals surface area contributed by atoms with Crippen molar-refractivity contribution in [2.75, 3.05) is 6.61 Å². The van der Waals surface area contributed by atoms with E-state index in [4.69, 9.17) is 27.3 Å². The number of benzene rings is 1. The van der Waals surface area contributed by atoms with Gasteiger partial charge < -0.3 is 10.5 Å². The molecule has 0 radical (unpaired) electrons.